The van der Waals surface area contributed by atoms with Gasteiger partial charge in [0.15, 0.2) is 11.5 Å². The molecule has 1 aromatic carbocycles. The van der Waals surface area contributed by atoms with Crippen molar-refractivity contribution in [2.24, 2.45) is 5.73 Å². The zero-order chi connectivity index (χ0) is 15.9. The number of carbonyl (C=O) groups excluding carboxylic acids is 1. The molecule has 118 valence electrons. The maximum absolute atomic E-state index is 11.6. The summed E-state index contributed by atoms with van der Waals surface area (Å²) in [4.78, 5) is 11.6. The zero-order valence-electron chi connectivity index (χ0n) is 13.3. The summed E-state index contributed by atoms with van der Waals surface area (Å²) in [6, 6.07) is 7.51. The van der Waals surface area contributed by atoms with Crippen LogP contribution in [0.3, 0.4) is 0 Å². The van der Waals surface area contributed by atoms with Gasteiger partial charge in [0.1, 0.15) is 0 Å². The highest BCUT2D eigenvalue weighted by Crippen LogP contribution is 2.28. The molecule has 0 heterocycles. The average molecular weight is 294 g/mol. The standard InChI is InChI=1S/C16H26N2O3/c1-5-18-16(4,15(17)19)11-12(3)21-14-10-8-7-9-13(14)20-6-2/h7-10,12,18H,5-6,11H2,1-4H3,(H2,17,19). The van der Waals surface area contributed by atoms with Gasteiger partial charge >= 0.3 is 0 Å². The number of benzene rings is 1. The van der Waals surface area contributed by atoms with Crippen molar-refractivity contribution in [2.75, 3.05) is 13.2 Å². The van der Waals surface area contributed by atoms with Gasteiger partial charge < -0.3 is 20.5 Å². The third kappa shape index (κ3) is 4.93. The summed E-state index contributed by atoms with van der Waals surface area (Å²) in [5, 5.41) is 3.13. The lowest BCUT2D eigenvalue weighted by molar-refractivity contribution is -0.124. The molecular formula is C16H26N2O3. The summed E-state index contributed by atoms with van der Waals surface area (Å²) in [5.74, 6) is 1.00. The number of hydrogen-bond acceptors (Lipinski definition) is 4. The highest BCUT2D eigenvalue weighted by atomic mass is 16.5. The van der Waals surface area contributed by atoms with Gasteiger partial charge in [-0.3, -0.25) is 4.79 Å². The Kier molecular flexibility index (Phi) is 6.49. The van der Waals surface area contributed by atoms with Crippen molar-refractivity contribution in [2.45, 2.75) is 45.8 Å². The molecule has 5 nitrogen and oxygen atoms in total. The van der Waals surface area contributed by atoms with E-state index < -0.39 is 5.54 Å². The van der Waals surface area contributed by atoms with Crippen molar-refractivity contribution in [3.63, 3.8) is 0 Å². The molecule has 0 aliphatic heterocycles. The molecule has 0 fully saturated rings. The molecule has 0 saturated carbocycles. The molecule has 0 aliphatic rings. The van der Waals surface area contributed by atoms with Crippen molar-refractivity contribution in [3.8, 4) is 11.5 Å². The molecule has 0 radical (unpaired) electrons. The van der Waals surface area contributed by atoms with Crippen LogP contribution in [0.2, 0.25) is 0 Å². The van der Waals surface area contributed by atoms with Crippen LogP contribution in [0.1, 0.15) is 34.1 Å². The molecule has 2 atom stereocenters. The van der Waals surface area contributed by atoms with E-state index in [1.54, 1.807) is 6.92 Å². The largest absolute Gasteiger partial charge is 0.490 e. The van der Waals surface area contributed by atoms with E-state index >= 15 is 0 Å². The Balaban J connectivity index is 2.77. The molecule has 0 spiro atoms. The van der Waals surface area contributed by atoms with Gasteiger partial charge in [-0.2, -0.15) is 0 Å². The lowest BCUT2D eigenvalue weighted by atomic mass is 9.94. The summed E-state index contributed by atoms with van der Waals surface area (Å²) in [5.41, 5.74) is 4.71. The van der Waals surface area contributed by atoms with Crippen LogP contribution < -0.4 is 20.5 Å². The van der Waals surface area contributed by atoms with Crippen LogP contribution in [0, 0.1) is 0 Å². The molecule has 0 bridgehead atoms. The Morgan fingerprint density at radius 2 is 1.95 bits per heavy atom. The molecular weight excluding hydrogens is 268 g/mol. The van der Waals surface area contributed by atoms with Crippen molar-refractivity contribution in [1.29, 1.82) is 0 Å². The number of nitrogens with two attached hydrogens (primary N) is 1. The minimum absolute atomic E-state index is 0.178. The molecule has 21 heavy (non-hydrogen) atoms. The molecule has 0 saturated heterocycles. The predicted molar refractivity (Wildman–Crippen MR) is 83.6 cm³/mol. The third-order valence-corrected chi connectivity index (χ3v) is 3.28. The second-order valence-electron chi connectivity index (χ2n) is 5.24. The number of ether oxygens (including phenoxy) is 2. The molecule has 2 unspecified atom stereocenters. The number of para-hydroxylation sites is 2. The Hall–Kier alpha value is -1.75. The van der Waals surface area contributed by atoms with Crippen LogP contribution >= 0.6 is 0 Å². The monoisotopic (exact) mass is 294 g/mol. The normalized spacial score (nSPS) is 15.0. The molecule has 0 aliphatic carbocycles. The average Bonchev–Trinajstić information content (AvgIpc) is 2.41. The minimum atomic E-state index is -0.783. The third-order valence-electron chi connectivity index (χ3n) is 3.28. The second-order valence-corrected chi connectivity index (χ2v) is 5.24. The number of nitrogens with one attached hydrogen (secondary N) is 1. The maximum Gasteiger partial charge on any atom is 0.237 e. The van der Waals surface area contributed by atoms with Crippen LogP contribution in [0.5, 0.6) is 11.5 Å². The van der Waals surface area contributed by atoms with E-state index in [4.69, 9.17) is 15.2 Å². The molecule has 1 amide bonds. The van der Waals surface area contributed by atoms with Crippen molar-refractivity contribution in [3.05, 3.63) is 24.3 Å². The molecule has 5 heteroatoms. The zero-order valence-corrected chi connectivity index (χ0v) is 13.3. The number of carbonyl (C=O) groups is 1. The highest BCUT2D eigenvalue weighted by molar-refractivity contribution is 5.84. The van der Waals surface area contributed by atoms with Gasteiger partial charge in [0.25, 0.3) is 0 Å². The molecule has 1 aromatic rings. The molecule has 1 rings (SSSR count). The Morgan fingerprint density at radius 1 is 1.33 bits per heavy atom. The first-order valence-corrected chi connectivity index (χ1v) is 7.36. The van der Waals surface area contributed by atoms with Crippen LogP contribution in [0.25, 0.3) is 0 Å². The number of primary amides is 1. The van der Waals surface area contributed by atoms with Crippen LogP contribution in [-0.2, 0) is 4.79 Å². The fourth-order valence-corrected chi connectivity index (χ4v) is 2.31. The predicted octanol–water partition coefficient (Wildman–Crippen LogP) is 2.10. The number of hydrogen-bond donors (Lipinski definition) is 2. The van der Waals surface area contributed by atoms with E-state index in [2.05, 4.69) is 5.32 Å². The summed E-state index contributed by atoms with van der Waals surface area (Å²) >= 11 is 0. The van der Waals surface area contributed by atoms with Crippen LogP contribution in [0.4, 0.5) is 0 Å². The number of likely N-dealkylation sites (N-methyl/N-ethyl adjacent to an activating group) is 1. The van der Waals surface area contributed by atoms with Gasteiger partial charge in [0.2, 0.25) is 5.91 Å². The summed E-state index contributed by atoms with van der Waals surface area (Å²) < 4.78 is 11.4. The summed E-state index contributed by atoms with van der Waals surface area (Å²) in [6.07, 6.45) is 0.305. The Labute approximate surface area is 126 Å². The first-order chi connectivity index (χ1) is 9.92. The molecule has 0 aromatic heterocycles. The number of amides is 1. The number of rotatable bonds is 9. The van der Waals surface area contributed by atoms with Gasteiger partial charge in [-0.15, -0.1) is 0 Å². The van der Waals surface area contributed by atoms with Gasteiger partial charge in [-0.05, 0) is 39.4 Å². The minimum Gasteiger partial charge on any atom is -0.490 e. The summed E-state index contributed by atoms with van der Waals surface area (Å²) in [7, 11) is 0. The Bertz CT molecular complexity index is 465. The fourth-order valence-electron chi connectivity index (χ4n) is 2.31. The van der Waals surface area contributed by atoms with Gasteiger partial charge in [0, 0.05) is 6.42 Å². The smallest absolute Gasteiger partial charge is 0.237 e. The van der Waals surface area contributed by atoms with Crippen molar-refractivity contribution >= 4 is 5.91 Å². The first-order valence-electron chi connectivity index (χ1n) is 7.36. The maximum atomic E-state index is 11.6. The van der Waals surface area contributed by atoms with Crippen molar-refractivity contribution in [1.82, 2.24) is 5.32 Å². The van der Waals surface area contributed by atoms with Crippen LogP contribution in [-0.4, -0.2) is 30.7 Å². The van der Waals surface area contributed by atoms with Gasteiger partial charge in [-0.1, -0.05) is 19.1 Å². The molecule has 3 N–H and O–H groups in total. The van der Waals surface area contributed by atoms with Crippen LogP contribution in [0.15, 0.2) is 24.3 Å². The lowest BCUT2D eigenvalue weighted by Gasteiger charge is -2.30. The van der Waals surface area contributed by atoms with Gasteiger partial charge in [0.05, 0.1) is 18.2 Å². The van der Waals surface area contributed by atoms with E-state index in [1.165, 1.54) is 0 Å². The van der Waals surface area contributed by atoms with E-state index in [9.17, 15) is 4.79 Å². The van der Waals surface area contributed by atoms with E-state index in [0.29, 0.717) is 31.1 Å². The SMILES string of the molecule is CCNC(C)(CC(C)Oc1ccccc1OCC)C(N)=O. The van der Waals surface area contributed by atoms with Crippen molar-refractivity contribution < 1.29 is 14.3 Å². The quantitative estimate of drug-likeness (QED) is 0.731. The fraction of sp³-hybridized carbons (Fsp3) is 0.562. The first kappa shape index (κ1) is 17.3. The Morgan fingerprint density at radius 3 is 2.48 bits per heavy atom. The van der Waals surface area contributed by atoms with E-state index in [1.807, 2.05) is 45.0 Å². The van der Waals surface area contributed by atoms with E-state index in [0.717, 1.165) is 0 Å². The lowest BCUT2D eigenvalue weighted by Crippen LogP contribution is -2.55. The topological polar surface area (TPSA) is 73.6 Å². The van der Waals surface area contributed by atoms with Gasteiger partial charge in [-0.25, -0.2) is 0 Å². The highest BCUT2D eigenvalue weighted by Gasteiger charge is 2.32. The summed E-state index contributed by atoms with van der Waals surface area (Å²) in [6.45, 7) is 8.83. The van der Waals surface area contributed by atoms with E-state index in [-0.39, 0.29) is 12.0 Å². The second kappa shape index (κ2) is 7.88.